The number of rotatable bonds is 5. The maximum atomic E-state index is 13.3. The minimum atomic E-state index is -0.284. The number of nitrogens with one attached hydrogen (secondary N) is 1. The molecule has 0 aliphatic carbocycles. The Bertz CT molecular complexity index is 807. The van der Waals surface area contributed by atoms with Crippen LogP contribution in [0.4, 0.5) is 15.9 Å². The Morgan fingerprint density at radius 3 is 2.74 bits per heavy atom. The van der Waals surface area contributed by atoms with Crippen LogP contribution < -0.4 is 16.0 Å². The standard InChI is InChI=1S/C21H25FN4O/c1-15(23)11-21(27)25-20-6-5-19(14-24-20)26-9-7-16(8-10-26)12-17-3-2-4-18(22)13-17/h2-6,11,13-14,16H,7-10,12,23H2,1H3,(H,24,25,27)/b15-11-. The van der Waals surface area contributed by atoms with Crippen LogP contribution in [0.3, 0.4) is 0 Å². The van der Waals surface area contributed by atoms with Crippen LogP contribution in [0.15, 0.2) is 54.4 Å². The predicted molar refractivity (Wildman–Crippen MR) is 106 cm³/mol. The number of carbonyl (C=O) groups excluding carboxylic acids is 1. The van der Waals surface area contributed by atoms with Crippen molar-refractivity contribution in [3.63, 3.8) is 0 Å². The second kappa shape index (κ2) is 8.66. The van der Waals surface area contributed by atoms with Crippen molar-refractivity contribution in [1.82, 2.24) is 4.98 Å². The van der Waals surface area contributed by atoms with Crippen LogP contribution in [0.2, 0.25) is 0 Å². The molecule has 2 heterocycles. The molecule has 1 aliphatic rings. The van der Waals surface area contributed by atoms with Crippen molar-refractivity contribution in [1.29, 1.82) is 0 Å². The third-order valence-corrected chi connectivity index (χ3v) is 4.75. The van der Waals surface area contributed by atoms with Crippen molar-refractivity contribution >= 4 is 17.4 Å². The lowest BCUT2D eigenvalue weighted by Crippen LogP contribution is -2.34. The maximum Gasteiger partial charge on any atom is 0.251 e. The van der Waals surface area contributed by atoms with E-state index in [2.05, 4.69) is 15.2 Å². The zero-order chi connectivity index (χ0) is 19.2. The van der Waals surface area contributed by atoms with Crippen molar-refractivity contribution in [2.75, 3.05) is 23.3 Å². The number of hydrogen-bond donors (Lipinski definition) is 2. The predicted octanol–water partition coefficient (Wildman–Crippen LogP) is 3.48. The lowest BCUT2D eigenvalue weighted by Gasteiger charge is -2.33. The second-order valence-electron chi connectivity index (χ2n) is 7.04. The first kappa shape index (κ1) is 18.9. The molecule has 0 radical (unpaired) electrons. The molecule has 1 fully saturated rings. The zero-order valence-electron chi connectivity index (χ0n) is 15.5. The third kappa shape index (κ3) is 5.54. The average molecular weight is 368 g/mol. The Kier molecular flexibility index (Phi) is 6.06. The van der Waals surface area contributed by atoms with Crippen LogP contribution in [0.1, 0.15) is 25.3 Å². The number of amides is 1. The van der Waals surface area contributed by atoms with E-state index >= 15 is 0 Å². The normalized spacial score (nSPS) is 15.6. The van der Waals surface area contributed by atoms with Gasteiger partial charge >= 0.3 is 0 Å². The highest BCUT2D eigenvalue weighted by Gasteiger charge is 2.20. The van der Waals surface area contributed by atoms with E-state index in [0.29, 0.717) is 17.4 Å². The molecule has 1 saturated heterocycles. The van der Waals surface area contributed by atoms with E-state index in [1.54, 1.807) is 31.3 Å². The molecule has 142 valence electrons. The lowest BCUT2D eigenvalue weighted by atomic mass is 9.90. The van der Waals surface area contributed by atoms with Gasteiger partial charge in [0, 0.05) is 24.9 Å². The maximum absolute atomic E-state index is 13.3. The van der Waals surface area contributed by atoms with Gasteiger partial charge in [0.1, 0.15) is 11.6 Å². The molecule has 5 nitrogen and oxygen atoms in total. The first-order chi connectivity index (χ1) is 13.0. The minimum absolute atomic E-state index is 0.166. The number of aromatic nitrogens is 1. The number of pyridine rings is 1. The number of halogens is 1. The van der Waals surface area contributed by atoms with Crippen LogP contribution in [0.25, 0.3) is 0 Å². The lowest BCUT2D eigenvalue weighted by molar-refractivity contribution is -0.112. The summed E-state index contributed by atoms with van der Waals surface area (Å²) in [5, 5.41) is 2.69. The molecule has 1 aliphatic heterocycles. The molecule has 1 aromatic heterocycles. The Balaban J connectivity index is 1.52. The van der Waals surface area contributed by atoms with Crippen molar-refractivity contribution in [3.8, 4) is 0 Å². The number of allylic oxidation sites excluding steroid dienone is 1. The van der Waals surface area contributed by atoms with E-state index < -0.39 is 0 Å². The minimum Gasteiger partial charge on any atom is -0.402 e. The highest BCUT2D eigenvalue weighted by atomic mass is 19.1. The second-order valence-corrected chi connectivity index (χ2v) is 7.04. The van der Waals surface area contributed by atoms with E-state index in [1.807, 2.05) is 12.1 Å². The summed E-state index contributed by atoms with van der Waals surface area (Å²) in [6, 6.07) is 10.6. The van der Waals surface area contributed by atoms with Crippen LogP contribution in [-0.2, 0) is 11.2 Å². The van der Waals surface area contributed by atoms with Gasteiger partial charge in [-0.3, -0.25) is 4.79 Å². The Labute approximate surface area is 159 Å². The fraction of sp³-hybridized carbons (Fsp3) is 0.333. The van der Waals surface area contributed by atoms with Gasteiger partial charge in [0.25, 0.3) is 5.91 Å². The molecule has 6 heteroatoms. The molecule has 2 aromatic rings. The van der Waals surface area contributed by atoms with Gasteiger partial charge in [-0.2, -0.15) is 0 Å². The van der Waals surface area contributed by atoms with Crippen molar-refractivity contribution in [2.45, 2.75) is 26.2 Å². The number of benzene rings is 1. The summed E-state index contributed by atoms with van der Waals surface area (Å²) >= 11 is 0. The summed E-state index contributed by atoms with van der Waals surface area (Å²) in [6.07, 6.45) is 6.16. The van der Waals surface area contributed by atoms with Crippen LogP contribution in [0.5, 0.6) is 0 Å². The summed E-state index contributed by atoms with van der Waals surface area (Å²) in [6.45, 7) is 3.55. The fourth-order valence-corrected chi connectivity index (χ4v) is 3.41. The summed E-state index contributed by atoms with van der Waals surface area (Å²) in [5.41, 5.74) is 8.05. The third-order valence-electron chi connectivity index (χ3n) is 4.75. The zero-order valence-corrected chi connectivity index (χ0v) is 15.5. The average Bonchev–Trinajstić information content (AvgIpc) is 2.62. The van der Waals surface area contributed by atoms with Crippen molar-refractivity contribution in [2.24, 2.45) is 11.7 Å². The van der Waals surface area contributed by atoms with Gasteiger partial charge in [-0.05, 0) is 61.9 Å². The monoisotopic (exact) mass is 368 g/mol. The van der Waals surface area contributed by atoms with Gasteiger partial charge in [0.05, 0.1) is 11.9 Å². The molecule has 3 rings (SSSR count). The van der Waals surface area contributed by atoms with E-state index in [4.69, 9.17) is 5.73 Å². The van der Waals surface area contributed by atoms with Gasteiger partial charge in [0.15, 0.2) is 0 Å². The number of nitrogens with zero attached hydrogens (tertiary/aromatic N) is 2. The smallest absolute Gasteiger partial charge is 0.251 e. The molecule has 0 saturated carbocycles. The van der Waals surface area contributed by atoms with E-state index in [-0.39, 0.29) is 11.7 Å². The fourth-order valence-electron chi connectivity index (χ4n) is 3.41. The summed E-state index contributed by atoms with van der Waals surface area (Å²) in [5.74, 6) is 0.622. The number of anilines is 2. The van der Waals surface area contributed by atoms with Crippen LogP contribution in [0, 0.1) is 11.7 Å². The Morgan fingerprint density at radius 1 is 1.33 bits per heavy atom. The van der Waals surface area contributed by atoms with E-state index in [0.717, 1.165) is 43.6 Å². The molecule has 3 N–H and O–H groups in total. The SMILES string of the molecule is C/C(N)=C/C(=O)Nc1ccc(N2CCC(Cc3cccc(F)c3)CC2)cn1. The summed E-state index contributed by atoms with van der Waals surface area (Å²) in [7, 11) is 0. The number of nitrogens with two attached hydrogens (primary N) is 1. The quantitative estimate of drug-likeness (QED) is 0.793. The highest BCUT2D eigenvalue weighted by molar-refractivity contribution is 5.99. The Morgan fingerprint density at radius 2 is 2.11 bits per heavy atom. The largest absolute Gasteiger partial charge is 0.402 e. The molecule has 0 bridgehead atoms. The number of carbonyl (C=O) groups is 1. The van der Waals surface area contributed by atoms with Gasteiger partial charge in [-0.15, -0.1) is 0 Å². The molecular formula is C21H25FN4O. The van der Waals surface area contributed by atoms with Crippen LogP contribution in [-0.4, -0.2) is 24.0 Å². The first-order valence-electron chi connectivity index (χ1n) is 9.20. The van der Waals surface area contributed by atoms with Crippen LogP contribution >= 0.6 is 0 Å². The molecule has 1 aromatic carbocycles. The van der Waals surface area contributed by atoms with Crippen molar-refractivity contribution in [3.05, 3.63) is 65.7 Å². The van der Waals surface area contributed by atoms with Gasteiger partial charge < -0.3 is 16.0 Å². The summed E-state index contributed by atoms with van der Waals surface area (Å²) in [4.78, 5) is 18.3. The highest BCUT2D eigenvalue weighted by Crippen LogP contribution is 2.26. The van der Waals surface area contributed by atoms with Crippen molar-refractivity contribution < 1.29 is 9.18 Å². The molecule has 27 heavy (non-hydrogen) atoms. The van der Waals surface area contributed by atoms with Gasteiger partial charge in [-0.25, -0.2) is 9.37 Å². The number of hydrogen-bond acceptors (Lipinski definition) is 4. The molecule has 1 amide bonds. The summed E-state index contributed by atoms with van der Waals surface area (Å²) < 4.78 is 13.3. The molecule has 0 unspecified atom stereocenters. The van der Waals surface area contributed by atoms with Gasteiger partial charge in [0.2, 0.25) is 0 Å². The van der Waals surface area contributed by atoms with Gasteiger partial charge in [-0.1, -0.05) is 12.1 Å². The first-order valence-corrected chi connectivity index (χ1v) is 9.20. The molecule has 0 atom stereocenters. The molecule has 0 spiro atoms. The topological polar surface area (TPSA) is 71.2 Å². The number of piperidine rings is 1. The van der Waals surface area contributed by atoms with E-state index in [9.17, 15) is 9.18 Å². The van der Waals surface area contributed by atoms with E-state index in [1.165, 1.54) is 12.1 Å². The molecular weight excluding hydrogens is 343 g/mol. The Hall–Kier alpha value is -2.89.